The summed E-state index contributed by atoms with van der Waals surface area (Å²) < 4.78 is 24.6. The van der Waals surface area contributed by atoms with Crippen molar-refractivity contribution in [3.63, 3.8) is 0 Å². The molecule has 21 heavy (non-hydrogen) atoms. The third-order valence-corrected chi connectivity index (χ3v) is 3.43. The molecule has 6 nitrogen and oxygen atoms in total. The van der Waals surface area contributed by atoms with Gasteiger partial charge in [0.25, 0.3) is 0 Å². The van der Waals surface area contributed by atoms with E-state index in [1.165, 1.54) is 0 Å². The van der Waals surface area contributed by atoms with Gasteiger partial charge < -0.3 is 4.90 Å². The van der Waals surface area contributed by atoms with Gasteiger partial charge in [0.05, 0.1) is 6.26 Å². The van der Waals surface area contributed by atoms with E-state index >= 15 is 0 Å². The first-order valence-corrected chi connectivity index (χ1v) is 8.44. The molecule has 2 aromatic rings. The minimum Gasteiger partial charge on any atom is -0.325 e. The topological polar surface area (TPSA) is 75.2 Å². The van der Waals surface area contributed by atoms with E-state index in [0.717, 1.165) is 24.1 Å². The molecule has 112 valence electrons. The Morgan fingerprint density at radius 3 is 2.48 bits per heavy atom. The number of aryl methyl sites for hydroxylation is 1. The van der Waals surface area contributed by atoms with E-state index in [2.05, 4.69) is 21.0 Å². The summed E-state index contributed by atoms with van der Waals surface area (Å²) in [5, 5.41) is 7.99. The molecule has 2 rings (SSSR count). The summed E-state index contributed by atoms with van der Waals surface area (Å²) in [7, 11) is -3.34. The lowest BCUT2D eigenvalue weighted by Gasteiger charge is -2.22. The van der Waals surface area contributed by atoms with Crippen molar-refractivity contribution in [1.82, 2.24) is 10.2 Å². The van der Waals surface area contributed by atoms with Crippen molar-refractivity contribution < 1.29 is 8.42 Å². The molecule has 0 aliphatic heterocycles. The van der Waals surface area contributed by atoms with Crippen LogP contribution in [0.3, 0.4) is 0 Å². The minimum atomic E-state index is -3.34. The smallest absolute Gasteiger partial charge is 0.231 e. The maximum Gasteiger partial charge on any atom is 0.231 e. The predicted octanol–water partition coefficient (Wildman–Crippen LogP) is 2.31. The highest BCUT2D eigenvalue weighted by Gasteiger charge is 2.10. The van der Waals surface area contributed by atoms with Crippen LogP contribution in [0.4, 0.5) is 17.3 Å². The average Bonchev–Trinajstić information content (AvgIpc) is 2.40. The number of benzene rings is 1. The molecular weight excluding hydrogens is 288 g/mol. The number of anilines is 3. The van der Waals surface area contributed by atoms with Crippen molar-refractivity contribution in [1.29, 1.82) is 0 Å². The van der Waals surface area contributed by atoms with Gasteiger partial charge in [0.1, 0.15) is 0 Å². The molecular formula is C14H18N4O2S. The van der Waals surface area contributed by atoms with E-state index in [1.54, 1.807) is 12.1 Å². The Bertz CT molecular complexity index is 714. The van der Waals surface area contributed by atoms with Gasteiger partial charge in [-0.25, -0.2) is 8.42 Å². The standard InChI is InChI=1S/C14H18N4O2S/c1-4-18(12-7-5-6-11(2)10-12)14-9-8-13(15-16-14)17-21(3,19)20/h5-10H,4H2,1-3H3,(H,15,17). The van der Waals surface area contributed by atoms with Crippen molar-refractivity contribution >= 4 is 27.3 Å². The Morgan fingerprint density at radius 1 is 1.19 bits per heavy atom. The molecule has 1 heterocycles. The first-order chi connectivity index (χ1) is 9.89. The summed E-state index contributed by atoms with van der Waals surface area (Å²) in [6.07, 6.45) is 1.08. The van der Waals surface area contributed by atoms with Gasteiger partial charge in [-0.15, -0.1) is 10.2 Å². The highest BCUT2D eigenvalue weighted by molar-refractivity contribution is 7.92. The fourth-order valence-electron chi connectivity index (χ4n) is 1.99. The highest BCUT2D eigenvalue weighted by atomic mass is 32.2. The first-order valence-electron chi connectivity index (χ1n) is 6.55. The van der Waals surface area contributed by atoms with Gasteiger partial charge in [0, 0.05) is 12.2 Å². The molecule has 0 fully saturated rings. The van der Waals surface area contributed by atoms with Crippen LogP contribution >= 0.6 is 0 Å². The maximum atomic E-state index is 11.1. The van der Waals surface area contributed by atoms with Crippen molar-refractivity contribution in [3.8, 4) is 0 Å². The van der Waals surface area contributed by atoms with Gasteiger partial charge in [0.2, 0.25) is 10.0 Å². The first kappa shape index (κ1) is 15.2. The lowest BCUT2D eigenvalue weighted by molar-refractivity contribution is 0.606. The molecule has 7 heteroatoms. The van der Waals surface area contributed by atoms with Crippen molar-refractivity contribution in [2.75, 3.05) is 22.4 Å². The Hall–Kier alpha value is -2.15. The zero-order valence-corrected chi connectivity index (χ0v) is 13.1. The van der Waals surface area contributed by atoms with E-state index in [4.69, 9.17) is 0 Å². The van der Waals surface area contributed by atoms with E-state index in [0.29, 0.717) is 5.82 Å². The Kier molecular flexibility index (Phi) is 4.42. The summed E-state index contributed by atoms with van der Waals surface area (Å²) in [6.45, 7) is 4.78. The zero-order valence-electron chi connectivity index (χ0n) is 12.2. The zero-order chi connectivity index (χ0) is 15.5. The van der Waals surface area contributed by atoms with Gasteiger partial charge >= 0.3 is 0 Å². The molecule has 0 saturated heterocycles. The molecule has 0 aliphatic rings. The summed E-state index contributed by atoms with van der Waals surface area (Å²) in [5.41, 5.74) is 2.19. The molecule has 1 N–H and O–H groups in total. The molecule has 0 radical (unpaired) electrons. The van der Waals surface area contributed by atoms with Crippen LogP contribution in [-0.2, 0) is 10.0 Å². The van der Waals surface area contributed by atoms with Gasteiger partial charge in [0.15, 0.2) is 11.6 Å². The summed E-state index contributed by atoms with van der Waals surface area (Å²) in [4.78, 5) is 2.00. The minimum absolute atomic E-state index is 0.210. The normalized spacial score (nSPS) is 11.2. The summed E-state index contributed by atoms with van der Waals surface area (Å²) in [5.74, 6) is 0.878. The quantitative estimate of drug-likeness (QED) is 0.917. The monoisotopic (exact) mass is 306 g/mol. The number of sulfonamides is 1. The fourth-order valence-corrected chi connectivity index (χ4v) is 2.48. The van der Waals surface area contributed by atoms with Crippen molar-refractivity contribution in [2.24, 2.45) is 0 Å². The maximum absolute atomic E-state index is 11.1. The third-order valence-electron chi connectivity index (χ3n) is 2.85. The molecule has 0 amide bonds. The lowest BCUT2D eigenvalue weighted by atomic mass is 10.2. The molecule has 0 saturated carbocycles. The number of hydrogen-bond acceptors (Lipinski definition) is 5. The molecule has 1 aromatic heterocycles. The van der Waals surface area contributed by atoms with E-state index in [9.17, 15) is 8.42 Å². The van der Waals surface area contributed by atoms with E-state index < -0.39 is 10.0 Å². The van der Waals surface area contributed by atoms with E-state index in [1.807, 2.05) is 36.9 Å². The van der Waals surface area contributed by atoms with Crippen LogP contribution in [0.15, 0.2) is 36.4 Å². The predicted molar refractivity (Wildman–Crippen MR) is 84.4 cm³/mol. The fraction of sp³-hybridized carbons (Fsp3) is 0.286. The van der Waals surface area contributed by atoms with Crippen LogP contribution in [0.2, 0.25) is 0 Å². The van der Waals surface area contributed by atoms with Crippen LogP contribution in [0.5, 0.6) is 0 Å². The second-order valence-corrected chi connectivity index (χ2v) is 6.48. The molecule has 1 aromatic carbocycles. The third kappa shape index (κ3) is 4.16. The van der Waals surface area contributed by atoms with Crippen molar-refractivity contribution in [2.45, 2.75) is 13.8 Å². The number of nitrogens with one attached hydrogen (secondary N) is 1. The van der Waals surface area contributed by atoms with Crippen LogP contribution in [-0.4, -0.2) is 31.4 Å². The average molecular weight is 306 g/mol. The molecule has 0 unspecified atom stereocenters. The largest absolute Gasteiger partial charge is 0.325 e. The molecule has 0 bridgehead atoms. The van der Waals surface area contributed by atoms with Gasteiger partial charge in [-0.05, 0) is 43.7 Å². The second kappa shape index (κ2) is 6.09. The lowest BCUT2D eigenvalue weighted by Crippen LogP contribution is -2.18. The second-order valence-electron chi connectivity index (χ2n) is 4.73. The van der Waals surface area contributed by atoms with Gasteiger partial charge in [-0.1, -0.05) is 12.1 Å². The van der Waals surface area contributed by atoms with Crippen LogP contribution in [0.1, 0.15) is 12.5 Å². The molecule has 0 aliphatic carbocycles. The summed E-state index contributed by atoms with van der Waals surface area (Å²) in [6, 6.07) is 11.4. The summed E-state index contributed by atoms with van der Waals surface area (Å²) >= 11 is 0. The van der Waals surface area contributed by atoms with Crippen molar-refractivity contribution in [3.05, 3.63) is 42.0 Å². The SMILES string of the molecule is CCN(c1cccc(C)c1)c1ccc(NS(C)(=O)=O)nn1. The van der Waals surface area contributed by atoms with Crippen LogP contribution < -0.4 is 9.62 Å². The Balaban J connectivity index is 2.27. The number of hydrogen-bond donors (Lipinski definition) is 1. The molecule has 0 spiro atoms. The highest BCUT2D eigenvalue weighted by Crippen LogP contribution is 2.24. The van der Waals surface area contributed by atoms with Crippen LogP contribution in [0, 0.1) is 6.92 Å². The van der Waals surface area contributed by atoms with Gasteiger partial charge in [-0.2, -0.15) is 0 Å². The van der Waals surface area contributed by atoms with E-state index in [-0.39, 0.29) is 5.82 Å². The number of aromatic nitrogens is 2. The van der Waals surface area contributed by atoms with Crippen LogP contribution in [0.25, 0.3) is 0 Å². The Morgan fingerprint density at radius 2 is 1.95 bits per heavy atom. The Labute approximate surface area is 124 Å². The number of rotatable bonds is 5. The molecule has 0 atom stereocenters. The number of nitrogens with zero attached hydrogens (tertiary/aromatic N) is 3. The van der Waals surface area contributed by atoms with Gasteiger partial charge in [-0.3, -0.25) is 4.72 Å².